The Hall–Kier alpha value is -1.40. The number of aromatic amines is 1. The Balaban J connectivity index is 0.00000132. The molecule has 0 aliphatic heterocycles. The van der Waals surface area contributed by atoms with Crippen LogP contribution >= 0.6 is 35.6 Å². The van der Waals surface area contributed by atoms with Gasteiger partial charge in [0.2, 0.25) is 11.0 Å². The molecular formula is C16H12ClFIN2+. The maximum absolute atomic E-state index is 14.0. The third-order valence-corrected chi connectivity index (χ3v) is 4.20. The van der Waals surface area contributed by atoms with Gasteiger partial charge in [-0.15, -0.1) is 24.0 Å². The Kier molecular flexibility index (Phi) is 3.53. The summed E-state index contributed by atoms with van der Waals surface area (Å²) in [6.45, 7) is 0. The summed E-state index contributed by atoms with van der Waals surface area (Å²) in [4.78, 5) is 3.12. The van der Waals surface area contributed by atoms with E-state index in [1.807, 2.05) is 37.4 Å². The Bertz CT molecular complexity index is 994. The molecule has 0 amide bonds. The Morgan fingerprint density at radius 1 is 1.00 bits per heavy atom. The van der Waals surface area contributed by atoms with Crippen molar-refractivity contribution in [1.82, 2.24) is 4.98 Å². The minimum Gasteiger partial charge on any atom is -0.346 e. The topological polar surface area (TPSA) is 19.7 Å². The number of aromatic nitrogens is 2. The van der Waals surface area contributed by atoms with Crippen LogP contribution < -0.4 is 4.57 Å². The summed E-state index contributed by atoms with van der Waals surface area (Å²) in [6, 6.07) is 13.0. The lowest BCUT2D eigenvalue weighted by molar-refractivity contribution is -0.616. The van der Waals surface area contributed by atoms with Gasteiger partial charge in [-0.2, -0.15) is 4.57 Å². The van der Waals surface area contributed by atoms with Gasteiger partial charge in [0.05, 0.1) is 21.3 Å². The van der Waals surface area contributed by atoms with Crippen LogP contribution in [-0.4, -0.2) is 4.98 Å². The largest absolute Gasteiger partial charge is 0.346 e. The van der Waals surface area contributed by atoms with E-state index in [2.05, 4.69) is 9.55 Å². The van der Waals surface area contributed by atoms with E-state index in [0.29, 0.717) is 10.5 Å². The van der Waals surface area contributed by atoms with Gasteiger partial charge in [-0.1, -0.05) is 29.8 Å². The van der Waals surface area contributed by atoms with Gasteiger partial charge in [0.15, 0.2) is 0 Å². The molecule has 0 aliphatic rings. The van der Waals surface area contributed by atoms with E-state index >= 15 is 0 Å². The average molecular weight is 414 g/mol. The van der Waals surface area contributed by atoms with Crippen molar-refractivity contribution in [2.24, 2.45) is 7.05 Å². The molecule has 0 aliphatic carbocycles. The quantitative estimate of drug-likeness (QED) is 0.318. The summed E-state index contributed by atoms with van der Waals surface area (Å²) in [7, 11) is 1.97. The Morgan fingerprint density at radius 3 is 2.52 bits per heavy atom. The fourth-order valence-corrected chi connectivity index (χ4v) is 3.18. The van der Waals surface area contributed by atoms with E-state index in [0.717, 1.165) is 27.3 Å². The highest BCUT2D eigenvalue weighted by Crippen LogP contribution is 2.33. The number of nitrogens with one attached hydrogen (secondary N) is 1. The zero-order valence-corrected chi connectivity index (χ0v) is 14.2. The van der Waals surface area contributed by atoms with E-state index in [1.165, 1.54) is 6.07 Å². The summed E-state index contributed by atoms with van der Waals surface area (Å²) >= 11 is 6.50. The lowest BCUT2D eigenvalue weighted by Gasteiger charge is -2.01. The molecule has 2 heterocycles. The van der Waals surface area contributed by atoms with Gasteiger partial charge >= 0.3 is 0 Å². The number of rotatable bonds is 0. The highest BCUT2D eigenvalue weighted by molar-refractivity contribution is 14.0. The first-order chi connectivity index (χ1) is 9.68. The predicted molar refractivity (Wildman–Crippen MR) is 94.9 cm³/mol. The second-order valence-corrected chi connectivity index (χ2v) is 5.28. The van der Waals surface area contributed by atoms with E-state index in [-0.39, 0.29) is 29.8 Å². The number of aryl methyl sites for hydroxylation is 1. The molecule has 4 aromatic rings. The number of hydrogen-bond donors (Lipinski definition) is 1. The first-order valence-electron chi connectivity index (χ1n) is 6.34. The fourth-order valence-electron chi connectivity index (χ4n) is 2.88. The monoisotopic (exact) mass is 413 g/mol. The second kappa shape index (κ2) is 5.10. The van der Waals surface area contributed by atoms with E-state index in [4.69, 9.17) is 11.6 Å². The van der Waals surface area contributed by atoms with Crippen LogP contribution in [0.4, 0.5) is 4.39 Å². The third-order valence-electron chi connectivity index (χ3n) is 3.81. The van der Waals surface area contributed by atoms with Crippen molar-refractivity contribution < 1.29 is 8.96 Å². The molecule has 106 valence electrons. The van der Waals surface area contributed by atoms with Gasteiger partial charge < -0.3 is 4.98 Å². The maximum atomic E-state index is 14.0. The Morgan fingerprint density at radius 2 is 1.71 bits per heavy atom. The minimum atomic E-state index is -0.265. The number of fused-ring (bicyclic) bond motifs is 4. The molecule has 0 atom stereocenters. The number of H-pyrrole nitrogens is 1. The third kappa shape index (κ3) is 1.92. The van der Waals surface area contributed by atoms with Gasteiger partial charge in [-0.05, 0) is 18.2 Å². The van der Waals surface area contributed by atoms with Crippen molar-refractivity contribution in [1.29, 1.82) is 0 Å². The maximum Gasteiger partial charge on any atom is 0.240 e. The second-order valence-electron chi connectivity index (χ2n) is 4.90. The first-order valence-corrected chi connectivity index (χ1v) is 6.72. The summed E-state index contributed by atoms with van der Waals surface area (Å²) in [5.41, 5.74) is 3.21. The smallest absolute Gasteiger partial charge is 0.240 e. The molecular weight excluding hydrogens is 402 g/mol. The zero-order chi connectivity index (χ0) is 13.9. The van der Waals surface area contributed by atoms with Crippen molar-refractivity contribution in [3.63, 3.8) is 0 Å². The molecule has 0 radical (unpaired) electrons. The van der Waals surface area contributed by atoms with Crippen molar-refractivity contribution >= 4 is 68.4 Å². The Labute approximate surface area is 142 Å². The number of pyridine rings is 1. The van der Waals surface area contributed by atoms with Crippen LogP contribution in [0.3, 0.4) is 0 Å². The molecule has 0 spiro atoms. The van der Waals surface area contributed by atoms with Crippen LogP contribution in [0.1, 0.15) is 0 Å². The van der Waals surface area contributed by atoms with Crippen LogP contribution in [0.15, 0.2) is 42.5 Å². The van der Waals surface area contributed by atoms with Crippen LogP contribution in [0.25, 0.3) is 32.8 Å². The lowest BCUT2D eigenvalue weighted by Crippen LogP contribution is -2.29. The molecule has 4 rings (SSSR count). The summed E-state index contributed by atoms with van der Waals surface area (Å²) in [5, 5.41) is 2.43. The number of benzene rings is 2. The van der Waals surface area contributed by atoms with Gasteiger partial charge in [0, 0.05) is 6.07 Å². The summed E-state index contributed by atoms with van der Waals surface area (Å²) in [5.74, 6) is -0.265. The number of halogens is 3. The molecule has 0 saturated carbocycles. The molecule has 1 N–H and O–H groups in total. The number of para-hydroxylation sites is 2. The van der Waals surface area contributed by atoms with Gasteiger partial charge in [-0.3, -0.25) is 0 Å². The van der Waals surface area contributed by atoms with E-state index in [1.54, 1.807) is 6.07 Å². The fraction of sp³-hybridized carbons (Fsp3) is 0.0625. The molecule has 2 aromatic carbocycles. The average Bonchev–Trinajstić information content (AvgIpc) is 2.86. The van der Waals surface area contributed by atoms with Crippen LogP contribution in [0.2, 0.25) is 5.02 Å². The molecule has 0 bridgehead atoms. The van der Waals surface area contributed by atoms with Crippen molar-refractivity contribution in [3.8, 4) is 0 Å². The summed E-state index contributed by atoms with van der Waals surface area (Å²) < 4.78 is 16.0. The first kappa shape index (κ1) is 14.5. The number of nitrogens with zero attached hydrogens (tertiary/aromatic N) is 1. The van der Waals surface area contributed by atoms with Crippen LogP contribution in [0.5, 0.6) is 0 Å². The normalized spacial score (nSPS) is 11.2. The highest BCUT2D eigenvalue weighted by Gasteiger charge is 2.22. The van der Waals surface area contributed by atoms with Crippen molar-refractivity contribution in [3.05, 3.63) is 53.3 Å². The highest BCUT2D eigenvalue weighted by atomic mass is 127. The van der Waals surface area contributed by atoms with Crippen molar-refractivity contribution in [2.75, 3.05) is 0 Å². The molecule has 5 heteroatoms. The number of hydrogen-bond acceptors (Lipinski definition) is 0. The van der Waals surface area contributed by atoms with E-state index in [9.17, 15) is 4.39 Å². The zero-order valence-electron chi connectivity index (χ0n) is 11.2. The molecule has 21 heavy (non-hydrogen) atoms. The van der Waals surface area contributed by atoms with Crippen LogP contribution in [-0.2, 0) is 7.05 Å². The molecule has 0 unspecified atom stereocenters. The van der Waals surface area contributed by atoms with Crippen molar-refractivity contribution in [2.45, 2.75) is 0 Å². The SMILES string of the molecule is C[n+]1c2ccccc2c(Cl)c2[nH]c3c(F)cccc3c21.I. The predicted octanol–water partition coefficient (Wildman–Crippen LogP) is 4.71. The van der Waals surface area contributed by atoms with Gasteiger partial charge in [-0.25, -0.2) is 4.39 Å². The van der Waals surface area contributed by atoms with Crippen LogP contribution in [0, 0.1) is 5.82 Å². The molecule has 0 fully saturated rings. The standard InChI is InChI=1S/C16H10ClFN2.HI/c1-20-12-8-3-2-5-9(12)13(17)15-16(20)10-6-4-7-11(18)14(10)19-15;/h2-8H,1H3;1H/p+1. The molecule has 2 nitrogen and oxygen atoms in total. The molecule has 2 aromatic heterocycles. The van der Waals surface area contributed by atoms with E-state index < -0.39 is 0 Å². The van der Waals surface area contributed by atoms with Gasteiger partial charge in [0.1, 0.15) is 18.4 Å². The summed E-state index contributed by atoms with van der Waals surface area (Å²) in [6.07, 6.45) is 0. The van der Waals surface area contributed by atoms with Gasteiger partial charge in [0.25, 0.3) is 0 Å². The lowest BCUT2D eigenvalue weighted by atomic mass is 10.1. The molecule has 0 saturated heterocycles. The minimum absolute atomic E-state index is 0.